The van der Waals surface area contributed by atoms with Gasteiger partial charge >= 0.3 is 0 Å². The first-order valence-corrected chi connectivity index (χ1v) is 10.4. The lowest BCUT2D eigenvalue weighted by Gasteiger charge is -2.49. The molecule has 2 saturated heterocycles. The van der Waals surface area contributed by atoms with E-state index in [4.69, 9.17) is 4.42 Å². The number of aliphatic hydroxyl groups excluding tert-OH is 1. The Hall–Kier alpha value is -2.44. The van der Waals surface area contributed by atoms with E-state index in [2.05, 4.69) is 16.0 Å². The molecule has 4 rings (SSSR count). The third-order valence-corrected chi connectivity index (χ3v) is 6.16. The molecule has 2 aliphatic rings. The van der Waals surface area contributed by atoms with Crippen LogP contribution < -0.4 is 0 Å². The van der Waals surface area contributed by atoms with E-state index < -0.39 is 6.10 Å². The van der Waals surface area contributed by atoms with Crippen molar-refractivity contribution in [2.24, 2.45) is 5.41 Å². The molecule has 154 valence electrons. The summed E-state index contributed by atoms with van der Waals surface area (Å²) >= 11 is 0. The number of carbonyl (C=O) groups excluding carboxylic acids is 1. The molecular formula is C23H29N3O3. The minimum Gasteiger partial charge on any atom is -0.465 e. The number of furan rings is 1. The summed E-state index contributed by atoms with van der Waals surface area (Å²) in [7, 11) is 0. The van der Waals surface area contributed by atoms with Crippen LogP contribution in [0.5, 0.6) is 0 Å². The van der Waals surface area contributed by atoms with Gasteiger partial charge in [-0.3, -0.25) is 14.7 Å². The van der Waals surface area contributed by atoms with Crippen LogP contribution in [-0.4, -0.2) is 64.6 Å². The van der Waals surface area contributed by atoms with Gasteiger partial charge in [-0.15, -0.1) is 0 Å². The summed E-state index contributed by atoms with van der Waals surface area (Å²) < 4.78 is 5.33. The van der Waals surface area contributed by atoms with Gasteiger partial charge in [0, 0.05) is 32.0 Å². The molecule has 2 aromatic rings. The Morgan fingerprint density at radius 2 is 2.17 bits per heavy atom. The van der Waals surface area contributed by atoms with Crippen LogP contribution in [0.4, 0.5) is 0 Å². The first kappa shape index (κ1) is 19.9. The minimum absolute atomic E-state index is 0.0312. The fraction of sp³-hybridized carbons (Fsp3) is 0.478. The van der Waals surface area contributed by atoms with E-state index in [1.54, 1.807) is 18.7 Å². The zero-order valence-corrected chi connectivity index (χ0v) is 16.7. The maximum atomic E-state index is 12.8. The fourth-order valence-corrected chi connectivity index (χ4v) is 4.61. The molecule has 1 unspecified atom stereocenters. The molecule has 0 radical (unpaired) electrons. The normalized spacial score (nSPS) is 22.4. The van der Waals surface area contributed by atoms with E-state index in [1.807, 2.05) is 35.2 Å². The number of piperidine rings is 2. The lowest BCUT2D eigenvalue weighted by Crippen LogP contribution is -2.55. The van der Waals surface area contributed by atoms with E-state index in [1.165, 1.54) is 0 Å². The van der Waals surface area contributed by atoms with E-state index in [-0.39, 0.29) is 11.3 Å². The van der Waals surface area contributed by atoms with Gasteiger partial charge in [-0.2, -0.15) is 0 Å². The first-order valence-electron chi connectivity index (χ1n) is 10.4. The van der Waals surface area contributed by atoms with Gasteiger partial charge in [-0.1, -0.05) is 12.1 Å². The third-order valence-electron chi connectivity index (χ3n) is 6.16. The predicted molar refractivity (Wildman–Crippen MR) is 111 cm³/mol. The van der Waals surface area contributed by atoms with Crippen molar-refractivity contribution in [2.45, 2.75) is 31.8 Å². The standard InChI is InChI=1S/C23H29N3O3/c27-20-15-23(18-26(17-20)22(28)14-19-4-1-9-24-16-19)7-11-25(12-8-23)10-2-5-21-6-3-13-29-21/h1-6,9,13,16,20,27H,7-8,10-12,14-15,17-18H2/b5-2+. The summed E-state index contributed by atoms with van der Waals surface area (Å²) in [6, 6.07) is 7.61. The van der Waals surface area contributed by atoms with E-state index in [0.717, 1.165) is 56.8 Å². The van der Waals surface area contributed by atoms with Crippen LogP contribution >= 0.6 is 0 Å². The number of hydrogen-bond acceptors (Lipinski definition) is 5. The van der Waals surface area contributed by atoms with Gasteiger partial charge in [-0.05, 0) is 67.6 Å². The van der Waals surface area contributed by atoms with Crippen LogP contribution in [0.1, 0.15) is 30.6 Å². The van der Waals surface area contributed by atoms with Gasteiger partial charge in [0.05, 0.1) is 18.8 Å². The number of rotatable bonds is 5. The molecule has 0 bridgehead atoms. The Morgan fingerprint density at radius 1 is 1.31 bits per heavy atom. The van der Waals surface area contributed by atoms with Crippen LogP contribution in [0.2, 0.25) is 0 Å². The van der Waals surface area contributed by atoms with Gasteiger partial charge < -0.3 is 14.4 Å². The summed E-state index contributed by atoms with van der Waals surface area (Å²) in [5, 5.41) is 10.5. The van der Waals surface area contributed by atoms with Gasteiger partial charge in [-0.25, -0.2) is 0 Å². The van der Waals surface area contributed by atoms with E-state index in [9.17, 15) is 9.90 Å². The first-order chi connectivity index (χ1) is 14.1. The predicted octanol–water partition coefficient (Wildman–Crippen LogP) is 2.61. The Bertz CT molecular complexity index is 811. The van der Waals surface area contributed by atoms with Crippen LogP contribution in [0, 0.1) is 5.41 Å². The highest BCUT2D eigenvalue weighted by atomic mass is 16.3. The highest BCUT2D eigenvalue weighted by molar-refractivity contribution is 5.79. The second-order valence-electron chi connectivity index (χ2n) is 8.39. The number of pyridine rings is 1. The molecule has 29 heavy (non-hydrogen) atoms. The van der Waals surface area contributed by atoms with Gasteiger partial charge in [0.15, 0.2) is 0 Å². The Morgan fingerprint density at radius 3 is 2.90 bits per heavy atom. The molecule has 6 nitrogen and oxygen atoms in total. The zero-order valence-electron chi connectivity index (χ0n) is 16.7. The SMILES string of the molecule is O=C(Cc1cccnc1)N1CC(O)CC2(CCN(C/C=C/c3ccco3)CC2)C1. The quantitative estimate of drug-likeness (QED) is 0.843. The van der Waals surface area contributed by atoms with Crippen LogP contribution in [0.25, 0.3) is 6.08 Å². The van der Waals surface area contributed by atoms with Crippen molar-refractivity contribution in [1.29, 1.82) is 0 Å². The van der Waals surface area contributed by atoms with Gasteiger partial charge in [0.1, 0.15) is 5.76 Å². The fourth-order valence-electron chi connectivity index (χ4n) is 4.61. The maximum Gasteiger partial charge on any atom is 0.227 e. The van der Waals surface area contributed by atoms with Crippen molar-refractivity contribution in [1.82, 2.24) is 14.8 Å². The molecule has 6 heteroatoms. The molecular weight excluding hydrogens is 366 g/mol. The average Bonchev–Trinajstić information content (AvgIpc) is 3.23. The highest BCUT2D eigenvalue weighted by Gasteiger charge is 2.42. The number of hydrogen-bond donors (Lipinski definition) is 1. The van der Waals surface area contributed by atoms with Crippen molar-refractivity contribution >= 4 is 12.0 Å². The van der Waals surface area contributed by atoms with Crippen molar-refractivity contribution in [3.05, 3.63) is 60.3 Å². The topological polar surface area (TPSA) is 69.8 Å². The molecule has 4 heterocycles. The largest absolute Gasteiger partial charge is 0.465 e. The minimum atomic E-state index is -0.438. The monoisotopic (exact) mass is 395 g/mol. The Kier molecular flexibility index (Phi) is 6.11. The number of amides is 1. The van der Waals surface area contributed by atoms with Crippen LogP contribution in [-0.2, 0) is 11.2 Å². The smallest absolute Gasteiger partial charge is 0.227 e. The number of aliphatic hydroxyl groups is 1. The van der Waals surface area contributed by atoms with E-state index >= 15 is 0 Å². The highest BCUT2D eigenvalue weighted by Crippen LogP contribution is 2.40. The van der Waals surface area contributed by atoms with E-state index in [0.29, 0.717) is 13.0 Å². The summed E-state index contributed by atoms with van der Waals surface area (Å²) in [5.41, 5.74) is 0.952. The number of carbonyl (C=O) groups is 1. The van der Waals surface area contributed by atoms with Crippen molar-refractivity contribution in [3.8, 4) is 0 Å². The molecule has 2 fully saturated rings. The number of β-amino-alcohol motifs (C(OH)–C–C–N with tert-alkyl or cyclic N) is 1. The van der Waals surface area contributed by atoms with Crippen molar-refractivity contribution in [2.75, 3.05) is 32.7 Å². The molecule has 0 saturated carbocycles. The lowest BCUT2D eigenvalue weighted by atomic mass is 9.71. The number of likely N-dealkylation sites (tertiary alicyclic amines) is 2. The summed E-state index contributed by atoms with van der Waals surface area (Å²) in [5.74, 6) is 0.955. The molecule has 0 aliphatic carbocycles. The zero-order chi connectivity index (χ0) is 20.1. The van der Waals surface area contributed by atoms with Gasteiger partial charge in [0.2, 0.25) is 5.91 Å². The molecule has 1 amide bonds. The Labute approximate surface area is 171 Å². The van der Waals surface area contributed by atoms with Crippen LogP contribution in [0.3, 0.4) is 0 Å². The maximum absolute atomic E-state index is 12.8. The van der Waals surface area contributed by atoms with Crippen molar-refractivity contribution in [3.63, 3.8) is 0 Å². The average molecular weight is 396 g/mol. The molecule has 2 aromatic heterocycles. The molecule has 1 N–H and O–H groups in total. The third kappa shape index (κ3) is 5.14. The second-order valence-corrected chi connectivity index (χ2v) is 8.39. The van der Waals surface area contributed by atoms with Gasteiger partial charge in [0.25, 0.3) is 0 Å². The lowest BCUT2D eigenvalue weighted by molar-refractivity contribution is -0.139. The number of aromatic nitrogens is 1. The molecule has 1 spiro atoms. The molecule has 0 aromatic carbocycles. The summed E-state index contributed by atoms with van der Waals surface area (Å²) in [6.07, 6.45) is 12.0. The Balaban J connectivity index is 1.31. The molecule has 2 aliphatic heterocycles. The van der Waals surface area contributed by atoms with Crippen LogP contribution in [0.15, 0.2) is 53.4 Å². The van der Waals surface area contributed by atoms with Crippen molar-refractivity contribution < 1.29 is 14.3 Å². The summed E-state index contributed by atoms with van der Waals surface area (Å²) in [4.78, 5) is 21.2. The second kappa shape index (κ2) is 8.93. The molecule has 1 atom stereocenters. The summed E-state index contributed by atoms with van der Waals surface area (Å²) in [6.45, 7) is 4.05. The number of nitrogens with zero attached hydrogens (tertiary/aromatic N) is 3.